The van der Waals surface area contributed by atoms with Crippen LogP contribution in [0, 0.1) is 6.92 Å². The SMILES string of the molecule is COc1ccc2nc(C)cc(C(=O)NCC3CN(C)CCN3C)c2c1. The summed E-state index contributed by atoms with van der Waals surface area (Å²) in [5.74, 6) is 0.659. The molecule has 1 fully saturated rings. The van der Waals surface area contributed by atoms with Crippen molar-refractivity contribution in [1.29, 1.82) is 0 Å². The number of nitrogens with one attached hydrogen (secondary N) is 1. The second kappa shape index (κ2) is 7.37. The van der Waals surface area contributed by atoms with E-state index in [1.807, 2.05) is 31.2 Å². The number of carbonyl (C=O) groups excluding carboxylic acids is 1. The van der Waals surface area contributed by atoms with Crippen LogP contribution < -0.4 is 10.1 Å². The maximum Gasteiger partial charge on any atom is 0.252 e. The lowest BCUT2D eigenvalue weighted by atomic mass is 10.1. The van der Waals surface area contributed by atoms with Crippen molar-refractivity contribution < 1.29 is 9.53 Å². The van der Waals surface area contributed by atoms with E-state index in [1.165, 1.54) is 0 Å². The zero-order chi connectivity index (χ0) is 18.0. The highest BCUT2D eigenvalue weighted by Gasteiger charge is 2.23. The van der Waals surface area contributed by atoms with E-state index in [9.17, 15) is 4.79 Å². The molecular formula is C19H26N4O2. The van der Waals surface area contributed by atoms with Crippen molar-refractivity contribution in [1.82, 2.24) is 20.1 Å². The number of pyridine rings is 1. The van der Waals surface area contributed by atoms with Crippen LogP contribution in [0.2, 0.25) is 0 Å². The fraction of sp³-hybridized carbons (Fsp3) is 0.474. The van der Waals surface area contributed by atoms with E-state index in [0.717, 1.165) is 42.0 Å². The molecule has 134 valence electrons. The lowest BCUT2D eigenvalue weighted by Crippen LogP contribution is -2.54. The predicted octanol–water partition coefficient (Wildman–Crippen LogP) is 1.53. The van der Waals surface area contributed by atoms with Crippen LogP contribution in [0.1, 0.15) is 16.1 Å². The molecule has 3 rings (SSSR count). The normalized spacial score (nSPS) is 19.1. The minimum atomic E-state index is -0.0645. The zero-order valence-electron chi connectivity index (χ0n) is 15.4. The van der Waals surface area contributed by atoms with Gasteiger partial charge in [-0.3, -0.25) is 14.7 Å². The van der Waals surface area contributed by atoms with Crippen molar-refractivity contribution in [3.05, 3.63) is 35.5 Å². The topological polar surface area (TPSA) is 57.7 Å². The fourth-order valence-corrected chi connectivity index (χ4v) is 3.28. The third-order valence-corrected chi connectivity index (χ3v) is 4.87. The Bertz CT molecular complexity index is 777. The number of carbonyl (C=O) groups is 1. The Morgan fingerprint density at radius 2 is 2.12 bits per heavy atom. The first-order valence-electron chi connectivity index (χ1n) is 8.60. The molecule has 6 nitrogen and oxygen atoms in total. The number of methoxy groups -OCH3 is 1. The van der Waals surface area contributed by atoms with E-state index in [4.69, 9.17) is 4.74 Å². The molecule has 1 aromatic heterocycles. The number of piperazine rings is 1. The quantitative estimate of drug-likeness (QED) is 0.913. The Balaban J connectivity index is 1.81. The van der Waals surface area contributed by atoms with Gasteiger partial charge in [-0.05, 0) is 45.3 Å². The number of nitrogens with zero attached hydrogens (tertiary/aromatic N) is 3. The number of ether oxygens (including phenoxy) is 1. The van der Waals surface area contributed by atoms with E-state index in [1.54, 1.807) is 7.11 Å². The van der Waals surface area contributed by atoms with Crippen molar-refractivity contribution >= 4 is 16.8 Å². The number of aromatic nitrogens is 1. The van der Waals surface area contributed by atoms with Gasteiger partial charge in [-0.1, -0.05) is 0 Å². The first-order chi connectivity index (χ1) is 12.0. The van der Waals surface area contributed by atoms with Crippen molar-refractivity contribution in [3.8, 4) is 5.75 Å². The van der Waals surface area contributed by atoms with E-state index in [0.29, 0.717) is 18.2 Å². The van der Waals surface area contributed by atoms with Gasteiger partial charge in [0, 0.05) is 43.3 Å². The second-order valence-corrected chi connectivity index (χ2v) is 6.80. The second-order valence-electron chi connectivity index (χ2n) is 6.80. The van der Waals surface area contributed by atoms with Crippen LogP contribution >= 0.6 is 0 Å². The average molecular weight is 342 g/mol. The van der Waals surface area contributed by atoms with E-state index in [-0.39, 0.29) is 5.91 Å². The molecule has 1 aliphatic rings. The van der Waals surface area contributed by atoms with Crippen molar-refractivity contribution in [3.63, 3.8) is 0 Å². The van der Waals surface area contributed by atoms with Gasteiger partial charge in [0.25, 0.3) is 5.91 Å². The number of benzene rings is 1. The van der Waals surface area contributed by atoms with Gasteiger partial charge >= 0.3 is 0 Å². The summed E-state index contributed by atoms with van der Waals surface area (Å²) in [5.41, 5.74) is 2.28. The summed E-state index contributed by atoms with van der Waals surface area (Å²) < 4.78 is 5.30. The predicted molar refractivity (Wildman–Crippen MR) is 99.3 cm³/mol. The van der Waals surface area contributed by atoms with Crippen LogP contribution in [0.25, 0.3) is 10.9 Å². The zero-order valence-corrected chi connectivity index (χ0v) is 15.4. The Kier molecular flexibility index (Phi) is 5.20. The number of fused-ring (bicyclic) bond motifs is 1. The lowest BCUT2D eigenvalue weighted by Gasteiger charge is -2.37. The summed E-state index contributed by atoms with van der Waals surface area (Å²) in [6.07, 6.45) is 0. The summed E-state index contributed by atoms with van der Waals surface area (Å²) in [5, 5.41) is 3.92. The molecule has 0 saturated carbocycles. The number of aryl methyl sites for hydroxylation is 1. The fourth-order valence-electron chi connectivity index (χ4n) is 3.28. The molecule has 1 aromatic carbocycles. The molecule has 1 atom stereocenters. The van der Waals surface area contributed by atoms with Crippen LogP contribution in [-0.4, -0.2) is 74.1 Å². The summed E-state index contributed by atoms with van der Waals surface area (Å²) >= 11 is 0. The molecule has 1 aliphatic heterocycles. The minimum absolute atomic E-state index is 0.0645. The molecular weight excluding hydrogens is 316 g/mol. The van der Waals surface area contributed by atoms with Crippen LogP contribution in [0.15, 0.2) is 24.3 Å². The summed E-state index contributed by atoms with van der Waals surface area (Å²) in [6, 6.07) is 7.79. The first-order valence-corrected chi connectivity index (χ1v) is 8.60. The average Bonchev–Trinajstić information content (AvgIpc) is 2.61. The molecule has 0 bridgehead atoms. The Morgan fingerprint density at radius 1 is 1.32 bits per heavy atom. The number of rotatable bonds is 4. The van der Waals surface area contributed by atoms with E-state index >= 15 is 0 Å². The summed E-state index contributed by atoms with van der Waals surface area (Å²) in [7, 11) is 5.85. The largest absolute Gasteiger partial charge is 0.497 e. The van der Waals surface area contributed by atoms with Gasteiger partial charge in [0.05, 0.1) is 18.2 Å². The molecule has 6 heteroatoms. The Labute approximate surface area is 148 Å². The van der Waals surface area contributed by atoms with Crippen LogP contribution in [-0.2, 0) is 0 Å². The van der Waals surface area contributed by atoms with E-state index < -0.39 is 0 Å². The van der Waals surface area contributed by atoms with Crippen LogP contribution in [0.4, 0.5) is 0 Å². The first kappa shape index (κ1) is 17.6. The van der Waals surface area contributed by atoms with Gasteiger partial charge in [0.15, 0.2) is 0 Å². The summed E-state index contributed by atoms with van der Waals surface area (Å²) in [4.78, 5) is 21.9. The van der Waals surface area contributed by atoms with Crippen molar-refractivity contribution in [2.45, 2.75) is 13.0 Å². The highest BCUT2D eigenvalue weighted by Crippen LogP contribution is 2.23. The number of hydrogen-bond acceptors (Lipinski definition) is 5. The van der Waals surface area contributed by atoms with Gasteiger partial charge in [0.1, 0.15) is 5.75 Å². The molecule has 1 N–H and O–H groups in total. The molecule has 25 heavy (non-hydrogen) atoms. The Morgan fingerprint density at radius 3 is 2.88 bits per heavy atom. The molecule has 0 spiro atoms. The van der Waals surface area contributed by atoms with Gasteiger partial charge in [-0.15, -0.1) is 0 Å². The van der Waals surface area contributed by atoms with Gasteiger partial charge in [-0.2, -0.15) is 0 Å². The molecule has 1 amide bonds. The smallest absolute Gasteiger partial charge is 0.252 e. The Hall–Kier alpha value is -2.18. The van der Waals surface area contributed by atoms with Crippen molar-refractivity contribution in [2.75, 3.05) is 47.4 Å². The van der Waals surface area contributed by atoms with Crippen molar-refractivity contribution in [2.24, 2.45) is 0 Å². The molecule has 1 saturated heterocycles. The molecule has 0 aliphatic carbocycles. The molecule has 1 unspecified atom stereocenters. The molecule has 2 aromatic rings. The highest BCUT2D eigenvalue weighted by molar-refractivity contribution is 6.06. The van der Waals surface area contributed by atoms with Gasteiger partial charge in [-0.25, -0.2) is 0 Å². The summed E-state index contributed by atoms with van der Waals surface area (Å²) in [6.45, 7) is 5.58. The monoisotopic (exact) mass is 342 g/mol. The number of hydrogen-bond donors (Lipinski definition) is 1. The molecule has 0 radical (unpaired) electrons. The number of amides is 1. The highest BCUT2D eigenvalue weighted by atomic mass is 16.5. The maximum atomic E-state index is 12.8. The van der Waals surface area contributed by atoms with Gasteiger partial charge in [0.2, 0.25) is 0 Å². The third-order valence-electron chi connectivity index (χ3n) is 4.87. The maximum absolute atomic E-state index is 12.8. The lowest BCUT2D eigenvalue weighted by molar-refractivity contribution is 0.0882. The van der Waals surface area contributed by atoms with Crippen LogP contribution in [0.5, 0.6) is 5.75 Å². The minimum Gasteiger partial charge on any atom is -0.497 e. The van der Waals surface area contributed by atoms with Gasteiger partial charge < -0.3 is 15.0 Å². The van der Waals surface area contributed by atoms with Crippen LogP contribution in [0.3, 0.4) is 0 Å². The molecule has 2 heterocycles. The number of likely N-dealkylation sites (N-methyl/N-ethyl adjacent to an activating group) is 2. The van der Waals surface area contributed by atoms with E-state index in [2.05, 4.69) is 34.2 Å². The third kappa shape index (κ3) is 3.91. The standard InChI is InChI=1S/C19H26N4O2/c1-13-9-17(16-10-15(25-4)5-6-18(16)21-13)19(24)20-11-14-12-22(2)7-8-23(14)3/h5-6,9-10,14H,7-8,11-12H2,1-4H3,(H,20,24).